The third kappa shape index (κ3) is 4.44. The zero-order valence-electron chi connectivity index (χ0n) is 10.6. The van der Waals surface area contributed by atoms with Gasteiger partial charge in [-0.2, -0.15) is 5.26 Å². The lowest BCUT2D eigenvalue weighted by atomic mass is 10.1. The average molecular weight is 247 g/mol. The van der Waals surface area contributed by atoms with Crippen molar-refractivity contribution >= 4 is 5.91 Å². The second kappa shape index (κ2) is 7.30. The fourth-order valence-electron chi connectivity index (χ4n) is 1.48. The molecule has 0 fully saturated rings. The molecule has 0 aliphatic heterocycles. The van der Waals surface area contributed by atoms with Crippen molar-refractivity contribution in [1.82, 2.24) is 10.6 Å². The van der Waals surface area contributed by atoms with E-state index in [2.05, 4.69) is 10.6 Å². The maximum Gasteiger partial charge on any atom is 0.234 e. The average Bonchev–Trinajstić information content (AvgIpc) is 2.42. The number of hydrogen-bond acceptors (Lipinski definition) is 4. The first-order chi connectivity index (χ1) is 8.67. The zero-order valence-corrected chi connectivity index (χ0v) is 10.6. The smallest absolute Gasteiger partial charge is 0.234 e. The van der Waals surface area contributed by atoms with Crippen LogP contribution in [0.4, 0.5) is 0 Å². The summed E-state index contributed by atoms with van der Waals surface area (Å²) in [5.74, 6) is 0.598. The summed E-state index contributed by atoms with van der Waals surface area (Å²) in [6, 6.07) is 9.55. The highest BCUT2D eigenvalue weighted by Crippen LogP contribution is 2.18. The van der Waals surface area contributed by atoms with E-state index in [-0.39, 0.29) is 25.0 Å². The van der Waals surface area contributed by atoms with Crippen molar-refractivity contribution in [2.75, 3.05) is 20.2 Å². The zero-order chi connectivity index (χ0) is 13.4. The van der Waals surface area contributed by atoms with Gasteiger partial charge in [-0.3, -0.25) is 4.79 Å². The predicted octanol–water partition coefficient (Wildman–Crippen LogP) is 0.986. The minimum absolute atomic E-state index is 0.0351. The van der Waals surface area contributed by atoms with Crippen molar-refractivity contribution in [1.29, 1.82) is 5.26 Å². The number of amides is 1. The second-order valence-corrected chi connectivity index (χ2v) is 3.81. The van der Waals surface area contributed by atoms with Gasteiger partial charge in [0.15, 0.2) is 0 Å². The van der Waals surface area contributed by atoms with Crippen LogP contribution in [-0.2, 0) is 4.79 Å². The first kappa shape index (κ1) is 14.0. The van der Waals surface area contributed by atoms with Gasteiger partial charge in [-0.15, -0.1) is 0 Å². The van der Waals surface area contributed by atoms with Crippen LogP contribution in [0.1, 0.15) is 18.5 Å². The Kier molecular flexibility index (Phi) is 5.68. The normalized spacial score (nSPS) is 11.4. The Balaban J connectivity index is 2.47. The summed E-state index contributed by atoms with van der Waals surface area (Å²) in [5.41, 5.74) is 1.04. The van der Waals surface area contributed by atoms with Gasteiger partial charge >= 0.3 is 0 Å². The van der Waals surface area contributed by atoms with Crippen LogP contribution in [0.2, 0.25) is 0 Å². The monoisotopic (exact) mass is 247 g/mol. The Bertz CT molecular complexity index is 440. The number of methoxy groups -OCH3 is 1. The van der Waals surface area contributed by atoms with Crippen molar-refractivity contribution in [2.24, 2.45) is 0 Å². The van der Waals surface area contributed by atoms with Gasteiger partial charge in [-0.25, -0.2) is 0 Å². The summed E-state index contributed by atoms with van der Waals surface area (Å²) in [5, 5.41) is 13.9. The Morgan fingerprint density at radius 3 is 3.00 bits per heavy atom. The van der Waals surface area contributed by atoms with Crippen molar-refractivity contribution in [2.45, 2.75) is 13.0 Å². The number of ether oxygens (including phenoxy) is 1. The first-order valence-electron chi connectivity index (χ1n) is 5.68. The summed E-state index contributed by atoms with van der Waals surface area (Å²) in [6.07, 6.45) is 0. The molecular formula is C13H17N3O2. The van der Waals surface area contributed by atoms with Crippen molar-refractivity contribution in [3.63, 3.8) is 0 Å². The van der Waals surface area contributed by atoms with Crippen LogP contribution in [0.5, 0.6) is 5.75 Å². The van der Waals surface area contributed by atoms with Gasteiger partial charge in [0.2, 0.25) is 5.91 Å². The number of rotatable bonds is 6. The molecule has 0 saturated carbocycles. The third-order valence-corrected chi connectivity index (χ3v) is 2.53. The van der Waals surface area contributed by atoms with E-state index in [0.717, 1.165) is 11.3 Å². The van der Waals surface area contributed by atoms with Gasteiger partial charge in [0.25, 0.3) is 0 Å². The Morgan fingerprint density at radius 1 is 1.56 bits per heavy atom. The molecule has 0 radical (unpaired) electrons. The molecule has 0 aliphatic carbocycles. The number of hydrogen-bond donors (Lipinski definition) is 2. The van der Waals surface area contributed by atoms with E-state index in [0.29, 0.717) is 0 Å². The Labute approximate surface area is 107 Å². The molecule has 0 bridgehead atoms. The van der Waals surface area contributed by atoms with Gasteiger partial charge in [0.05, 0.1) is 19.7 Å². The van der Waals surface area contributed by atoms with Gasteiger partial charge in [-0.05, 0) is 24.6 Å². The Morgan fingerprint density at radius 2 is 2.33 bits per heavy atom. The van der Waals surface area contributed by atoms with Gasteiger partial charge in [0, 0.05) is 6.04 Å². The summed E-state index contributed by atoms with van der Waals surface area (Å²) >= 11 is 0. The second-order valence-electron chi connectivity index (χ2n) is 3.81. The third-order valence-electron chi connectivity index (χ3n) is 2.53. The number of nitrogens with one attached hydrogen (secondary N) is 2. The number of nitrogens with zero attached hydrogens (tertiary/aromatic N) is 1. The highest BCUT2D eigenvalue weighted by atomic mass is 16.5. The highest BCUT2D eigenvalue weighted by Gasteiger charge is 2.08. The van der Waals surface area contributed by atoms with Crippen LogP contribution in [0.3, 0.4) is 0 Å². The molecule has 1 rings (SSSR count). The van der Waals surface area contributed by atoms with Gasteiger partial charge < -0.3 is 15.4 Å². The van der Waals surface area contributed by atoms with Crippen molar-refractivity contribution in [3.8, 4) is 11.8 Å². The van der Waals surface area contributed by atoms with Crippen LogP contribution in [0.25, 0.3) is 0 Å². The number of carbonyl (C=O) groups excluding carboxylic acids is 1. The molecule has 5 nitrogen and oxygen atoms in total. The molecule has 1 aromatic carbocycles. The summed E-state index contributed by atoms with van der Waals surface area (Å²) in [7, 11) is 1.62. The predicted molar refractivity (Wildman–Crippen MR) is 68.0 cm³/mol. The number of nitriles is 1. The van der Waals surface area contributed by atoms with Gasteiger partial charge in [-0.1, -0.05) is 12.1 Å². The lowest BCUT2D eigenvalue weighted by Gasteiger charge is -2.14. The molecule has 1 atom stereocenters. The van der Waals surface area contributed by atoms with E-state index >= 15 is 0 Å². The molecule has 0 aromatic heterocycles. The maximum absolute atomic E-state index is 11.3. The molecule has 0 aliphatic rings. The van der Waals surface area contributed by atoms with E-state index in [1.807, 2.05) is 37.3 Å². The minimum Gasteiger partial charge on any atom is -0.497 e. The van der Waals surface area contributed by atoms with Gasteiger partial charge in [0.1, 0.15) is 12.3 Å². The van der Waals surface area contributed by atoms with Crippen molar-refractivity contribution < 1.29 is 9.53 Å². The van der Waals surface area contributed by atoms with Crippen LogP contribution < -0.4 is 15.4 Å². The lowest BCUT2D eigenvalue weighted by molar-refractivity contribution is -0.120. The fraction of sp³-hybridized carbons (Fsp3) is 0.385. The van der Waals surface area contributed by atoms with Crippen molar-refractivity contribution in [3.05, 3.63) is 29.8 Å². The molecule has 5 heteroatoms. The summed E-state index contributed by atoms with van der Waals surface area (Å²) in [6.45, 7) is 2.18. The highest BCUT2D eigenvalue weighted by molar-refractivity contribution is 5.78. The van der Waals surface area contributed by atoms with Crippen LogP contribution >= 0.6 is 0 Å². The van der Waals surface area contributed by atoms with Crippen LogP contribution in [0.15, 0.2) is 24.3 Å². The van der Waals surface area contributed by atoms with E-state index in [1.54, 1.807) is 7.11 Å². The first-order valence-corrected chi connectivity index (χ1v) is 5.68. The van der Waals surface area contributed by atoms with E-state index in [1.165, 1.54) is 0 Å². The molecule has 96 valence electrons. The standard InChI is InChI=1S/C13H17N3O2/c1-10(16-9-13(17)15-7-6-14)11-4-3-5-12(8-11)18-2/h3-5,8,10,16H,7,9H2,1-2H3,(H,15,17)/t10-/m1/s1. The molecule has 0 unspecified atom stereocenters. The summed E-state index contributed by atoms with van der Waals surface area (Å²) in [4.78, 5) is 11.3. The Hall–Kier alpha value is -2.06. The molecule has 1 aromatic rings. The number of carbonyl (C=O) groups is 1. The largest absolute Gasteiger partial charge is 0.497 e. The molecule has 18 heavy (non-hydrogen) atoms. The molecule has 0 spiro atoms. The van der Waals surface area contributed by atoms with E-state index in [4.69, 9.17) is 10.00 Å². The lowest BCUT2D eigenvalue weighted by Crippen LogP contribution is -2.35. The number of benzene rings is 1. The van der Waals surface area contributed by atoms with E-state index in [9.17, 15) is 4.79 Å². The SMILES string of the molecule is COc1cccc([C@@H](C)NCC(=O)NCC#N)c1. The molecule has 1 amide bonds. The van der Waals surface area contributed by atoms with Crippen LogP contribution in [-0.4, -0.2) is 26.1 Å². The van der Waals surface area contributed by atoms with Crippen LogP contribution in [0, 0.1) is 11.3 Å². The quantitative estimate of drug-likeness (QED) is 0.735. The molecule has 0 heterocycles. The topological polar surface area (TPSA) is 74.2 Å². The maximum atomic E-state index is 11.3. The summed E-state index contributed by atoms with van der Waals surface area (Å²) < 4.78 is 5.14. The van der Waals surface area contributed by atoms with E-state index < -0.39 is 0 Å². The minimum atomic E-state index is -0.189. The fourth-order valence-corrected chi connectivity index (χ4v) is 1.48. The molecule has 0 saturated heterocycles. The molecular weight excluding hydrogens is 230 g/mol. The molecule has 2 N–H and O–H groups in total.